The first-order valence-electron chi connectivity index (χ1n) is 9.60. The summed E-state index contributed by atoms with van der Waals surface area (Å²) in [5, 5.41) is 6.45. The number of carbonyl (C=O) groups is 3. The number of nitrogens with zero attached hydrogens (tertiary/aromatic N) is 1. The van der Waals surface area contributed by atoms with Crippen molar-refractivity contribution in [2.45, 2.75) is 18.9 Å². The average molecular weight is 408 g/mol. The van der Waals surface area contributed by atoms with Crippen LogP contribution < -0.4 is 10.6 Å². The third kappa shape index (κ3) is 3.52. The van der Waals surface area contributed by atoms with Crippen molar-refractivity contribution in [2.75, 3.05) is 13.1 Å². The van der Waals surface area contributed by atoms with Gasteiger partial charge in [-0.1, -0.05) is 30.3 Å². The number of rotatable bonds is 6. The summed E-state index contributed by atoms with van der Waals surface area (Å²) in [6.45, 7) is 1.53. The molecule has 0 saturated carbocycles. The maximum atomic E-state index is 13.2. The van der Waals surface area contributed by atoms with Gasteiger partial charge >= 0.3 is 6.03 Å². The molecule has 1 saturated heterocycles. The van der Waals surface area contributed by atoms with E-state index >= 15 is 0 Å². The van der Waals surface area contributed by atoms with E-state index in [4.69, 9.17) is 0 Å². The van der Waals surface area contributed by atoms with Gasteiger partial charge in [0, 0.05) is 23.6 Å². The number of aromatic amines is 1. The highest BCUT2D eigenvalue weighted by atomic mass is 19.1. The summed E-state index contributed by atoms with van der Waals surface area (Å²) in [6, 6.07) is 12.6. The molecule has 7 nitrogen and oxygen atoms in total. The van der Waals surface area contributed by atoms with Crippen LogP contribution >= 0.6 is 0 Å². The monoisotopic (exact) mass is 408 g/mol. The number of amides is 4. The number of urea groups is 1. The normalized spacial score (nSPS) is 18.7. The number of carbonyl (C=O) groups excluding carboxylic acids is 3. The van der Waals surface area contributed by atoms with E-state index in [1.54, 1.807) is 0 Å². The van der Waals surface area contributed by atoms with Crippen LogP contribution in [0.2, 0.25) is 0 Å². The van der Waals surface area contributed by atoms with Crippen LogP contribution in [0.25, 0.3) is 10.9 Å². The Kier molecular flexibility index (Phi) is 4.99. The highest BCUT2D eigenvalue weighted by Crippen LogP contribution is 2.28. The first-order chi connectivity index (χ1) is 14.4. The Hall–Kier alpha value is -3.68. The lowest BCUT2D eigenvalue weighted by Crippen LogP contribution is -2.43. The number of para-hydroxylation sites is 1. The van der Waals surface area contributed by atoms with Crippen molar-refractivity contribution in [1.29, 1.82) is 0 Å². The predicted octanol–water partition coefficient (Wildman–Crippen LogP) is 2.43. The molecule has 1 unspecified atom stereocenters. The SMILES string of the molecule is CC1(c2ccc(F)cc2)NC(=O)N(CC(=O)NCCc2c[nH]c3ccccc23)C1=O. The van der Waals surface area contributed by atoms with Crippen molar-refractivity contribution in [1.82, 2.24) is 20.5 Å². The zero-order valence-electron chi connectivity index (χ0n) is 16.4. The van der Waals surface area contributed by atoms with Gasteiger partial charge in [0.05, 0.1) is 0 Å². The van der Waals surface area contributed by atoms with Crippen LogP contribution in [0.1, 0.15) is 18.1 Å². The second-order valence-electron chi connectivity index (χ2n) is 7.41. The lowest BCUT2D eigenvalue weighted by atomic mass is 9.92. The van der Waals surface area contributed by atoms with Crippen LogP contribution in [0.3, 0.4) is 0 Å². The first kappa shape index (κ1) is 19.6. The van der Waals surface area contributed by atoms with Crippen LogP contribution in [0, 0.1) is 5.82 Å². The molecule has 30 heavy (non-hydrogen) atoms. The molecule has 0 spiro atoms. The number of benzene rings is 2. The van der Waals surface area contributed by atoms with Gasteiger partial charge in [-0.2, -0.15) is 0 Å². The standard InChI is InChI=1S/C22H21FN4O3/c1-22(15-6-8-16(23)9-7-15)20(29)27(21(30)26-22)13-19(28)24-11-10-14-12-25-18-5-3-2-4-17(14)18/h2-9,12,25H,10-11,13H2,1H3,(H,24,28)(H,26,30). The Bertz CT molecular complexity index is 1120. The van der Waals surface area contributed by atoms with Crippen LogP contribution in [-0.4, -0.2) is 40.8 Å². The predicted molar refractivity (Wildman–Crippen MR) is 109 cm³/mol. The Morgan fingerprint density at radius 1 is 1.13 bits per heavy atom. The number of nitrogens with one attached hydrogen (secondary N) is 3. The highest BCUT2D eigenvalue weighted by molar-refractivity contribution is 6.09. The largest absolute Gasteiger partial charge is 0.361 e. The summed E-state index contributed by atoms with van der Waals surface area (Å²) in [5.74, 6) is -1.42. The minimum atomic E-state index is -1.34. The third-order valence-corrected chi connectivity index (χ3v) is 5.39. The molecule has 0 aliphatic carbocycles. The topological polar surface area (TPSA) is 94.3 Å². The highest BCUT2D eigenvalue weighted by Gasteiger charge is 2.49. The molecule has 1 aliphatic heterocycles. The molecule has 4 amide bonds. The van der Waals surface area contributed by atoms with Gasteiger partial charge in [0.15, 0.2) is 0 Å². The van der Waals surface area contributed by atoms with E-state index in [2.05, 4.69) is 15.6 Å². The summed E-state index contributed by atoms with van der Waals surface area (Å²) >= 11 is 0. The van der Waals surface area contributed by atoms with Gasteiger partial charge in [-0.25, -0.2) is 9.18 Å². The molecular formula is C22H21FN4O3. The lowest BCUT2D eigenvalue weighted by molar-refractivity contribution is -0.134. The lowest BCUT2D eigenvalue weighted by Gasteiger charge is -2.22. The number of H-pyrrole nitrogens is 1. The molecule has 2 aromatic carbocycles. The van der Waals surface area contributed by atoms with E-state index in [1.807, 2.05) is 30.5 Å². The first-order valence-corrected chi connectivity index (χ1v) is 9.60. The minimum absolute atomic E-state index is 0.375. The van der Waals surface area contributed by atoms with Gasteiger partial charge < -0.3 is 15.6 Å². The van der Waals surface area contributed by atoms with Crippen molar-refractivity contribution in [3.8, 4) is 0 Å². The number of hydrogen-bond donors (Lipinski definition) is 3. The second kappa shape index (κ2) is 7.62. The Morgan fingerprint density at radius 2 is 1.87 bits per heavy atom. The number of halogens is 1. The molecule has 8 heteroatoms. The maximum Gasteiger partial charge on any atom is 0.325 e. The Balaban J connectivity index is 1.36. The molecule has 2 heterocycles. The molecule has 0 radical (unpaired) electrons. The van der Waals surface area contributed by atoms with Gasteiger partial charge in [0.2, 0.25) is 5.91 Å². The third-order valence-electron chi connectivity index (χ3n) is 5.39. The summed E-state index contributed by atoms with van der Waals surface area (Å²) in [4.78, 5) is 41.5. The molecule has 1 atom stereocenters. The number of hydrogen-bond acceptors (Lipinski definition) is 3. The van der Waals surface area contributed by atoms with E-state index in [9.17, 15) is 18.8 Å². The molecule has 1 fully saturated rings. The summed E-state index contributed by atoms with van der Waals surface area (Å²) in [7, 11) is 0. The van der Waals surface area contributed by atoms with Gasteiger partial charge in [0.25, 0.3) is 5.91 Å². The molecule has 154 valence electrons. The Morgan fingerprint density at radius 3 is 2.63 bits per heavy atom. The fourth-order valence-electron chi connectivity index (χ4n) is 3.69. The molecule has 1 aromatic heterocycles. The molecule has 4 rings (SSSR count). The summed E-state index contributed by atoms with van der Waals surface area (Å²) in [5.41, 5.74) is 1.21. The molecule has 3 N–H and O–H groups in total. The second-order valence-corrected chi connectivity index (χ2v) is 7.41. The fourth-order valence-corrected chi connectivity index (χ4v) is 3.69. The van der Waals surface area contributed by atoms with Crippen molar-refractivity contribution < 1.29 is 18.8 Å². The zero-order chi connectivity index (χ0) is 21.3. The Labute approximate surface area is 172 Å². The van der Waals surface area contributed by atoms with E-state index < -0.39 is 29.2 Å². The molecule has 0 bridgehead atoms. The number of aromatic nitrogens is 1. The van der Waals surface area contributed by atoms with E-state index in [0.29, 0.717) is 18.5 Å². The van der Waals surface area contributed by atoms with Crippen LogP contribution in [0.4, 0.5) is 9.18 Å². The molecular weight excluding hydrogens is 387 g/mol. The summed E-state index contributed by atoms with van der Waals surface area (Å²) in [6.07, 6.45) is 2.52. The van der Waals surface area contributed by atoms with Gasteiger partial charge in [-0.3, -0.25) is 14.5 Å². The van der Waals surface area contributed by atoms with Gasteiger partial charge in [0.1, 0.15) is 17.9 Å². The summed E-state index contributed by atoms with van der Waals surface area (Å²) < 4.78 is 13.2. The van der Waals surface area contributed by atoms with Crippen LogP contribution in [0.15, 0.2) is 54.7 Å². The molecule has 3 aromatic rings. The zero-order valence-corrected chi connectivity index (χ0v) is 16.4. The fraction of sp³-hybridized carbons (Fsp3) is 0.227. The van der Waals surface area contributed by atoms with Crippen LogP contribution in [0.5, 0.6) is 0 Å². The van der Waals surface area contributed by atoms with Crippen molar-refractivity contribution in [3.63, 3.8) is 0 Å². The van der Waals surface area contributed by atoms with Crippen molar-refractivity contribution in [3.05, 3.63) is 71.7 Å². The van der Waals surface area contributed by atoms with Crippen molar-refractivity contribution in [2.24, 2.45) is 0 Å². The quantitative estimate of drug-likeness (QED) is 0.547. The van der Waals surface area contributed by atoms with Crippen molar-refractivity contribution >= 4 is 28.7 Å². The van der Waals surface area contributed by atoms with E-state index in [0.717, 1.165) is 21.4 Å². The maximum absolute atomic E-state index is 13.2. The van der Waals surface area contributed by atoms with E-state index in [1.165, 1.54) is 31.2 Å². The minimum Gasteiger partial charge on any atom is -0.361 e. The van der Waals surface area contributed by atoms with E-state index in [-0.39, 0.29) is 6.54 Å². The smallest absolute Gasteiger partial charge is 0.325 e. The number of imide groups is 1. The van der Waals surface area contributed by atoms with Gasteiger partial charge in [-0.15, -0.1) is 0 Å². The average Bonchev–Trinajstić information content (AvgIpc) is 3.23. The van der Waals surface area contributed by atoms with Gasteiger partial charge in [-0.05, 0) is 42.7 Å². The number of fused-ring (bicyclic) bond motifs is 1. The molecule has 1 aliphatic rings. The van der Waals surface area contributed by atoms with Crippen LogP contribution in [-0.2, 0) is 21.5 Å².